The van der Waals surface area contributed by atoms with Crippen molar-refractivity contribution in [3.63, 3.8) is 0 Å². The Balaban J connectivity index is 2.46. The van der Waals surface area contributed by atoms with E-state index in [-0.39, 0.29) is 5.54 Å². The van der Waals surface area contributed by atoms with Gasteiger partial charge in [0.25, 0.3) is 0 Å². The van der Waals surface area contributed by atoms with Crippen molar-refractivity contribution in [2.24, 2.45) is 0 Å². The average molecular weight is 263 g/mol. The van der Waals surface area contributed by atoms with Gasteiger partial charge >= 0.3 is 0 Å². The van der Waals surface area contributed by atoms with Crippen molar-refractivity contribution in [2.75, 3.05) is 19.8 Å². The van der Waals surface area contributed by atoms with Crippen molar-refractivity contribution < 1.29 is 9.47 Å². The molecule has 19 heavy (non-hydrogen) atoms. The second-order valence-corrected chi connectivity index (χ2v) is 5.42. The first-order valence-corrected chi connectivity index (χ1v) is 6.67. The number of benzene rings is 1. The van der Waals surface area contributed by atoms with Crippen LogP contribution in [0.15, 0.2) is 36.9 Å². The summed E-state index contributed by atoms with van der Waals surface area (Å²) in [6, 6.07) is 8.09. The molecule has 3 nitrogen and oxygen atoms in total. The van der Waals surface area contributed by atoms with E-state index in [0.29, 0.717) is 19.8 Å². The maximum absolute atomic E-state index is 5.75. The molecule has 0 radical (unpaired) electrons. The van der Waals surface area contributed by atoms with Crippen molar-refractivity contribution in [3.05, 3.63) is 42.5 Å². The lowest BCUT2D eigenvalue weighted by molar-refractivity contribution is 0.120. The van der Waals surface area contributed by atoms with E-state index in [0.717, 1.165) is 12.3 Å². The maximum Gasteiger partial charge on any atom is 0.123 e. The van der Waals surface area contributed by atoms with E-state index >= 15 is 0 Å². The number of nitrogens with one attached hydrogen (secondary N) is 1. The fourth-order valence-corrected chi connectivity index (χ4v) is 1.53. The van der Waals surface area contributed by atoms with Crippen molar-refractivity contribution in [1.29, 1.82) is 0 Å². The predicted molar refractivity (Wildman–Crippen MR) is 79.5 cm³/mol. The molecule has 1 N–H and O–H groups in total. The molecule has 0 fully saturated rings. The van der Waals surface area contributed by atoms with E-state index in [9.17, 15) is 0 Å². The Morgan fingerprint density at radius 3 is 2.63 bits per heavy atom. The van der Waals surface area contributed by atoms with Crippen molar-refractivity contribution in [3.8, 4) is 5.75 Å². The van der Waals surface area contributed by atoms with Crippen molar-refractivity contribution >= 4 is 0 Å². The number of hydrogen-bond acceptors (Lipinski definition) is 3. The van der Waals surface area contributed by atoms with Gasteiger partial charge in [0.1, 0.15) is 12.4 Å². The molecule has 0 saturated heterocycles. The summed E-state index contributed by atoms with van der Waals surface area (Å²) < 4.78 is 11.0. The van der Waals surface area contributed by atoms with E-state index in [1.165, 1.54) is 5.56 Å². The van der Waals surface area contributed by atoms with Crippen LogP contribution in [0.4, 0.5) is 0 Å². The molecule has 1 aromatic rings. The highest BCUT2D eigenvalue weighted by Gasteiger charge is 2.10. The van der Waals surface area contributed by atoms with Crippen LogP contribution >= 0.6 is 0 Å². The van der Waals surface area contributed by atoms with Crippen LogP contribution in [0.5, 0.6) is 5.75 Å². The highest BCUT2D eigenvalue weighted by atomic mass is 16.5. The van der Waals surface area contributed by atoms with Gasteiger partial charge in [-0.2, -0.15) is 0 Å². The van der Waals surface area contributed by atoms with Crippen molar-refractivity contribution in [1.82, 2.24) is 5.32 Å². The van der Waals surface area contributed by atoms with E-state index in [1.807, 2.05) is 18.2 Å². The normalized spacial score (nSPS) is 11.3. The Morgan fingerprint density at radius 1 is 1.21 bits per heavy atom. The Morgan fingerprint density at radius 2 is 1.95 bits per heavy atom. The summed E-state index contributed by atoms with van der Waals surface area (Å²) in [7, 11) is 0. The van der Waals surface area contributed by atoms with Gasteiger partial charge in [-0.25, -0.2) is 0 Å². The van der Waals surface area contributed by atoms with Crippen LogP contribution in [-0.4, -0.2) is 25.4 Å². The van der Waals surface area contributed by atoms with Crippen LogP contribution in [0.2, 0.25) is 0 Å². The minimum Gasteiger partial charge on any atom is -0.491 e. The SMILES string of the molecule is C=CCOCCOc1ccccc1CNC(C)(C)C. The van der Waals surface area contributed by atoms with Gasteiger partial charge in [0.15, 0.2) is 0 Å². The van der Waals surface area contributed by atoms with Gasteiger partial charge in [-0.05, 0) is 26.8 Å². The molecule has 0 aliphatic carbocycles. The lowest BCUT2D eigenvalue weighted by Gasteiger charge is -2.21. The molecular weight excluding hydrogens is 238 g/mol. The summed E-state index contributed by atoms with van der Waals surface area (Å²) in [4.78, 5) is 0. The Kier molecular flexibility index (Phi) is 6.60. The van der Waals surface area contributed by atoms with Crippen LogP contribution in [0.1, 0.15) is 26.3 Å². The fourth-order valence-electron chi connectivity index (χ4n) is 1.53. The summed E-state index contributed by atoms with van der Waals surface area (Å²) in [5.41, 5.74) is 1.27. The van der Waals surface area contributed by atoms with Gasteiger partial charge in [-0.1, -0.05) is 24.3 Å². The molecule has 0 aromatic heterocycles. The molecule has 0 spiro atoms. The number of hydrogen-bond donors (Lipinski definition) is 1. The molecule has 0 atom stereocenters. The number of rotatable bonds is 8. The van der Waals surface area contributed by atoms with Gasteiger partial charge in [0.2, 0.25) is 0 Å². The van der Waals surface area contributed by atoms with Gasteiger partial charge in [0.05, 0.1) is 13.2 Å². The van der Waals surface area contributed by atoms with Crippen molar-refractivity contribution in [2.45, 2.75) is 32.9 Å². The van der Waals surface area contributed by atoms with Gasteiger partial charge in [0, 0.05) is 17.6 Å². The van der Waals surface area contributed by atoms with Gasteiger partial charge < -0.3 is 14.8 Å². The third kappa shape index (κ3) is 6.99. The topological polar surface area (TPSA) is 30.5 Å². The average Bonchev–Trinajstić information content (AvgIpc) is 2.36. The molecular formula is C16H25NO2. The maximum atomic E-state index is 5.75. The molecule has 0 saturated carbocycles. The Bertz CT molecular complexity index is 383. The minimum absolute atomic E-state index is 0.0974. The smallest absolute Gasteiger partial charge is 0.123 e. The molecule has 0 heterocycles. The molecule has 0 bridgehead atoms. The highest BCUT2D eigenvalue weighted by Crippen LogP contribution is 2.18. The van der Waals surface area contributed by atoms with Gasteiger partial charge in [-0.3, -0.25) is 0 Å². The zero-order valence-corrected chi connectivity index (χ0v) is 12.2. The first-order valence-electron chi connectivity index (χ1n) is 6.67. The zero-order valence-electron chi connectivity index (χ0n) is 12.2. The van der Waals surface area contributed by atoms with Gasteiger partial charge in [-0.15, -0.1) is 6.58 Å². The fraction of sp³-hybridized carbons (Fsp3) is 0.500. The zero-order chi connectivity index (χ0) is 14.1. The minimum atomic E-state index is 0.0974. The number of para-hydroxylation sites is 1. The molecule has 1 rings (SSSR count). The summed E-state index contributed by atoms with van der Waals surface area (Å²) >= 11 is 0. The molecule has 0 aliphatic heterocycles. The lowest BCUT2D eigenvalue weighted by Crippen LogP contribution is -2.35. The standard InChI is InChI=1S/C16H25NO2/c1-5-10-18-11-12-19-15-9-7-6-8-14(15)13-17-16(2,3)4/h5-9,17H,1,10-13H2,2-4H3. The highest BCUT2D eigenvalue weighted by molar-refractivity contribution is 5.33. The third-order valence-corrected chi connectivity index (χ3v) is 2.50. The summed E-state index contributed by atoms with van der Waals surface area (Å²) in [5.74, 6) is 0.918. The van der Waals surface area contributed by atoms with Crippen LogP contribution in [-0.2, 0) is 11.3 Å². The van der Waals surface area contributed by atoms with E-state index in [2.05, 4.69) is 38.7 Å². The molecule has 3 heteroatoms. The van der Waals surface area contributed by atoms with E-state index in [1.54, 1.807) is 6.08 Å². The molecule has 0 amide bonds. The van der Waals surface area contributed by atoms with E-state index < -0.39 is 0 Å². The molecule has 106 valence electrons. The lowest BCUT2D eigenvalue weighted by atomic mass is 10.1. The second kappa shape index (κ2) is 7.97. The first kappa shape index (κ1) is 15.7. The van der Waals surface area contributed by atoms with Crippen LogP contribution in [0.25, 0.3) is 0 Å². The predicted octanol–water partition coefficient (Wildman–Crippen LogP) is 3.16. The van der Waals surface area contributed by atoms with Crippen LogP contribution in [0.3, 0.4) is 0 Å². The number of ether oxygens (including phenoxy) is 2. The monoisotopic (exact) mass is 263 g/mol. The van der Waals surface area contributed by atoms with Crippen LogP contribution in [0, 0.1) is 0 Å². The molecule has 0 unspecified atom stereocenters. The quantitative estimate of drug-likeness (QED) is 0.577. The molecule has 1 aromatic carbocycles. The van der Waals surface area contributed by atoms with Crippen LogP contribution < -0.4 is 10.1 Å². The Hall–Kier alpha value is -1.32. The largest absolute Gasteiger partial charge is 0.491 e. The molecule has 0 aliphatic rings. The summed E-state index contributed by atoms with van der Waals surface area (Å²) in [6.07, 6.45) is 1.74. The summed E-state index contributed by atoms with van der Waals surface area (Å²) in [5, 5.41) is 3.46. The first-order chi connectivity index (χ1) is 9.03. The Labute approximate surface area is 116 Å². The third-order valence-electron chi connectivity index (χ3n) is 2.50. The van der Waals surface area contributed by atoms with E-state index in [4.69, 9.17) is 9.47 Å². The second-order valence-electron chi connectivity index (χ2n) is 5.42. The summed E-state index contributed by atoms with van der Waals surface area (Å²) in [6.45, 7) is 12.6.